The van der Waals surface area contributed by atoms with Crippen molar-refractivity contribution in [2.24, 2.45) is 0 Å². The van der Waals surface area contributed by atoms with Gasteiger partial charge in [0.05, 0.1) is 6.54 Å². The minimum atomic E-state index is -0.656. The first kappa shape index (κ1) is 14.3. The van der Waals surface area contributed by atoms with Crippen LogP contribution >= 0.6 is 15.9 Å². The summed E-state index contributed by atoms with van der Waals surface area (Å²) in [5.41, 5.74) is 0.0149. The molecule has 0 saturated carbocycles. The second kappa shape index (κ2) is 5.50. The van der Waals surface area contributed by atoms with E-state index >= 15 is 0 Å². The Morgan fingerprint density at radius 1 is 1.35 bits per heavy atom. The van der Waals surface area contributed by atoms with E-state index < -0.39 is 11.2 Å². The van der Waals surface area contributed by atoms with Gasteiger partial charge in [0.2, 0.25) is 5.88 Å². The fourth-order valence-corrected chi connectivity index (χ4v) is 2.12. The van der Waals surface area contributed by atoms with Gasteiger partial charge in [0, 0.05) is 4.47 Å². The Hall–Kier alpha value is -2.08. The zero-order chi connectivity index (χ0) is 14.9. The van der Waals surface area contributed by atoms with Crippen LogP contribution < -0.4 is 11.2 Å². The summed E-state index contributed by atoms with van der Waals surface area (Å²) in [7, 11) is 0. The van der Waals surface area contributed by atoms with Crippen molar-refractivity contribution in [3.8, 4) is 17.0 Å². The highest BCUT2D eigenvalue weighted by atomic mass is 79.9. The lowest BCUT2D eigenvalue weighted by Gasteiger charge is -2.11. The standard InChI is InChI=1S/C14H13BrN2O3/c1-8(2)7-17-13(19)11(12(18)16-14(17)20)9-3-5-10(15)6-4-9/h3-6,19H,1,7H2,2H3,(H,16,18,20). The first-order valence-corrected chi connectivity index (χ1v) is 6.66. The molecular weight excluding hydrogens is 324 g/mol. The number of nitrogens with zero attached hydrogens (tertiary/aromatic N) is 1. The number of benzene rings is 1. The summed E-state index contributed by atoms with van der Waals surface area (Å²) in [5, 5.41) is 10.2. The Morgan fingerprint density at radius 3 is 2.50 bits per heavy atom. The molecule has 0 bridgehead atoms. The van der Waals surface area contributed by atoms with E-state index in [9.17, 15) is 14.7 Å². The van der Waals surface area contributed by atoms with Gasteiger partial charge in [0.15, 0.2) is 0 Å². The van der Waals surface area contributed by atoms with Gasteiger partial charge in [-0.2, -0.15) is 0 Å². The molecule has 0 saturated heterocycles. The summed E-state index contributed by atoms with van der Waals surface area (Å²) in [5.74, 6) is -0.357. The number of aromatic hydroxyl groups is 1. The van der Waals surface area contributed by atoms with Crippen LogP contribution in [0.3, 0.4) is 0 Å². The topological polar surface area (TPSA) is 75.1 Å². The first-order valence-electron chi connectivity index (χ1n) is 5.86. The monoisotopic (exact) mass is 336 g/mol. The highest BCUT2D eigenvalue weighted by Gasteiger charge is 2.15. The Labute approximate surface area is 123 Å². The van der Waals surface area contributed by atoms with Crippen LogP contribution in [0.15, 0.2) is 50.5 Å². The van der Waals surface area contributed by atoms with Crippen molar-refractivity contribution in [1.82, 2.24) is 9.55 Å². The molecule has 5 nitrogen and oxygen atoms in total. The number of H-pyrrole nitrogens is 1. The molecule has 0 atom stereocenters. The lowest BCUT2D eigenvalue weighted by Crippen LogP contribution is -2.31. The van der Waals surface area contributed by atoms with Gasteiger partial charge < -0.3 is 5.11 Å². The Morgan fingerprint density at radius 2 is 1.95 bits per heavy atom. The van der Waals surface area contributed by atoms with Gasteiger partial charge in [-0.1, -0.05) is 40.2 Å². The molecule has 0 fully saturated rings. The molecule has 0 aliphatic heterocycles. The molecule has 0 spiro atoms. The molecule has 20 heavy (non-hydrogen) atoms. The van der Waals surface area contributed by atoms with E-state index in [-0.39, 0.29) is 18.0 Å². The molecule has 0 aliphatic carbocycles. The molecule has 104 valence electrons. The fourth-order valence-electron chi connectivity index (χ4n) is 1.85. The molecule has 1 heterocycles. The van der Waals surface area contributed by atoms with Gasteiger partial charge in [0.1, 0.15) is 5.56 Å². The van der Waals surface area contributed by atoms with Crippen LogP contribution in [0.2, 0.25) is 0 Å². The van der Waals surface area contributed by atoms with Crippen molar-refractivity contribution in [2.45, 2.75) is 13.5 Å². The lowest BCUT2D eigenvalue weighted by atomic mass is 10.1. The predicted molar refractivity (Wildman–Crippen MR) is 80.9 cm³/mol. The summed E-state index contributed by atoms with van der Waals surface area (Å²) < 4.78 is 1.94. The molecule has 2 N–H and O–H groups in total. The summed E-state index contributed by atoms with van der Waals surface area (Å²) in [4.78, 5) is 25.9. The summed E-state index contributed by atoms with van der Waals surface area (Å²) in [6.07, 6.45) is 0. The van der Waals surface area contributed by atoms with Gasteiger partial charge in [-0.25, -0.2) is 4.79 Å². The van der Waals surface area contributed by atoms with E-state index in [0.29, 0.717) is 11.1 Å². The van der Waals surface area contributed by atoms with E-state index in [2.05, 4.69) is 27.5 Å². The molecule has 0 unspecified atom stereocenters. The van der Waals surface area contributed by atoms with Crippen LogP contribution in [0.5, 0.6) is 5.88 Å². The third-order valence-electron chi connectivity index (χ3n) is 2.73. The van der Waals surface area contributed by atoms with Gasteiger partial charge in [-0.3, -0.25) is 14.3 Å². The van der Waals surface area contributed by atoms with E-state index in [1.807, 2.05) is 0 Å². The molecule has 6 heteroatoms. The maximum Gasteiger partial charge on any atom is 0.331 e. The minimum Gasteiger partial charge on any atom is -0.494 e. The lowest BCUT2D eigenvalue weighted by molar-refractivity contribution is 0.411. The summed E-state index contributed by atoms with van der Waals surface area (Å²) >= 11 is 3.30. The molecule has 1 aromatic heterocycles. The van der Waals surface area contributed by atoms with E-state index in [4.69, 9.17) is 0 Å². The van der Waals surface area contributed by atoms with Crippen molar-refractivity contribution in [3.05, 3.63) is 61.7 Å². The van der Waals surface area contributed by atoms with E-state index in [1.54, 1.807) is 31.2 Å². The zero-order valence-corrected chi connectivity index (χ0v) is 12.4. The smallest absolute Gasteiger partial charge is 0.331 e. The molecule has 2 rings (SSSR count). The van der Waals surface area contributed by atoms with Crippen molar-refractivity contribution >= 4 is 15.9 Å². The van der Waals surface area contributed by atoms with Crippen molar-refractivity contribution in [1.29, 1.82) is 0 Å². The van der Waals surface area contributed by atoms with Crippen LogP contribution in [-0.4, -0.2) is 14.7 Å². The number of aromatic nitrogens is 2. The summed E-state index contributed by atoms with van der Waals surface area (Å²) in [6.45, 7) is 5.58. The molecule has 2 aromatic rings. The van der Waals surface area contributed by atoms with Crippen LogP contribution in [0.25, 0.3) is 11.1 Å². The molecule has 0 amide bonds. The second-order valence-electron chi connectivity index (χ2n) is 4.51. The van der Waals surface area contributed by atoms with Crippen molar-refractivity contribution < 1.29 is 5.11 Å². The van der Waals surface area contributed by atoms with Gasteiger partial charge in [0.25, 0.3) is 5.56 Å². The third kappa shape index (κ3) is 2.75. The number of rotatable bonds is 3. The maximum absolute atomic E-state index is 11.9. The molecule has 0 aliphatic rings. The van der Waals surface area contributed by atoms with Gasteiger partial charge in [-0.05, 0) is 24.6 Å². The molecule has 0 radical (unpaired) electrons. The number of halogens is 1. The van der Waals surface area contributed by atoms with Crippen LogP contribution in [0.4, 0.5) is 0 Å². The number of aromatic amines is 1. The molecule has 1 aromatic carbocycles. The maximum atomic E-state index is 11.9. The van der Waals surface area contributed by atoms with Gasteiger partial charge in [-0.15, -0.1) is 0 Å². The van der Waals surface area contributed by atoms with E-state index in [0.717, 1.165) is 9.04 Å². The second-order valence-corrected chi connectivity index (χ2v) is 5.42. The SMILES string of the molecule is C=C(C)Cn1c(O)c(-c2ccc(Br)cc2)c(=O)[nH]c1=O. The third-order valence-corrected chi connectivity index (χ3v) is 3.26. The zero-order valence-electron chi connectivity index (χ0n) is 10.8. The number of hydrogen-bond acceptors (Lipinski definition) is 3. The highest BCUT2D eigenvalue weighted by molar-refractivity contribution is 9.10. The quantitative estimate of drug-likeness (QED) is 0.844. The Balaban J connectivity index is 2.70. The summed E-state index contributed by atoms with van der Waals surface area (Å²) in [6, 6.07) is 6.87. The number of allylic oxidation sites excluding steroid dienone is 1. The van der Waals surface area contributed by atoms with Crippen molar-refractivity contribution in [3.63, 3.8) is 0 Å². The van der Waals surface area contributed by atoms with Crippen LogP contribution in [0, 0.1) is 0 Å². The first-order chi connectivity index (χ1) is 9.40. The highest BCUT2D eigenvalue weighted by Crippen LogP contribution is 2.25. The minimum absolute atomic E-state index is 0.0679. The Kier molecular flexibility index (Phi) is 3.94. The fraction of sp³-hybridized carbons (Fsp3) is 0.143. The van der Waals surface area contributed by atoms with E-state index in [1.165, 1.54) is 0 Å². The van der Waals surface area contributed by atoms with Crippen molar-refractivity contribution in [2.75, 3.05) is 0 Å². The number of hydrogen-bond donors (Lipinski definition) is 2. The number of nitrogens with one attached hydrogen (secondary N) is 1. The normalized spacial score (nSPS) is 10.5. The predicted octanol–water partition coefficient (Wildman–Crippen LogP) is 2.25. The average Bonchev–Trinajstić information content (AvgIpc) is 2.36. The van der Waals surface area contributed by atoms with Crippen LogP contribution in [0.1, 0.15) is 6.92 Å². The van der Waals surface area contributed by atoms with Gasteiger partial charge >= 0.3 is 5.69 Å². The molecular formula is C14H13BrN2O3. The van der Waals surface area contributed by atoms with Crippen LogP contribution in [-0.2, 0) is 6.54 Å². The largest absolute Gasteiger partial charge is 0.494 e. The average molecular weight is 337 g/mol. The Bertz CT molecular complexity index is 772.